The molecule has 3 aromatic carbocycles. The second-order valence-electron chi connectivity index (χ2n) is 11.3. The predicted octanol–water partition coefficient (Wildman–Crippen LogP) is 9.27. The molecule has 0 spiro atoms. The van der Waals surface area contributed by atoms with E-state index in [1.54, 1.807) is 0 Å². The van der Waals surface area contributed by atoms with Gasteiger partial charge in [-0.25, -0.2) is 53.3 Å². The van der Waals surface area contributed by atoms with Crippen molar-refractivity contribution in [3.63, 3.8) is 0 Å². The van der Waals surface area contributed by atoms with E-state index in [1.165, 1.54) is 13.6 Å². The molecule has 4 rings (SSSR count). The van der Waals surface area contributed by atoms with Crippen LogP contribution in [-0.2, 0) is 19.1 Å². The standard InChI is InChI=1S/C13F10O3.C12H7F5O5.C5H10O4.CH4FP.3CH4/c14-1-3(16)7(20)11(8(21)4(1)17)25-13(24)26-12-9(22)5(18)2(15)6(19)10(12)23;1-12(2-20-11(19)21-3-12)10(18)22-9-7(16)5(14)4(13)6(15)8(9)17;1-5(2-6,3-7)4(8)9;1-3-2;;;/h;2-3H2,1H3;6-7H,2-3H2,1H3,(H,8,9);3H,1H3;3*1H4. The smallest absolute Gasteiger partial charge is 0.481 e. The molecule has 3 N–H and O–H groups in total. The Hall–Kier alpha value is -5.63. The molecule has 1 fully saturated rings. The number of rotatable bonds is 7. The monoisotopic (exact) mass is 968 g/mol. The van der Waals surface area contributed by atoms with Crippen LogP contribution < -0.4 is 14.2 Å². The van der Waals surface area contributed by atoms with E-state index in [0.717, 1.165) is 6.92 Å². The number of carbonyl (C=O) groups is 4. The van der Waals surface area contributed by atoms with Crippen LogP contribution in [0.2, 0.25) is 0 Å². The van der Waals surface area contributed by atoms with Gasteiger partial charge in [-0.1, -0.05) is 22.3 Å². The molecule has 0 aliphatic carbocycles. The van der Waals surface area contributed by atoms with Crippen molar-refractivity contribution in [2.24, 2.45) is 10.8 Å². The maximum absolute atomic E-state index is 13.4. The summed E-state index contributed by atoms with van der Waals surface area (Å²) < 4.78 is 227. The zero-order valence-electron chi connectivity index (χ0n) is 29.4. The zero-order valence-corrected chi connectivity index (χ0v) is 30.4. The average molecular weight is 969 g/mol. The summed E-state index contributed by atoms with van der Waals surface area (Å²) in [5, 5.41) is 25.1. The van der Waals surface area contributed by atoms with Crippen LogP contribution in [0.1, 0.15) is 36.1 Å². The number of carboxylic acids is 1. The fraction of sp³-hybridized carbons (Fsp3) is 0.353. The lowest BCUT2D eigenvalue weighted by molar-refractivity contribution is -0.156. The van der Waals surface area contributed by atoms with E-state index in [-0.39, 0.29) is 22.3 Å². The minimum Gasteiger partial charge on any atom is -0.481 e. The fourth-order valence-corrected chi connectivity index (χ4v) is 3.25. The Morgan fingerprint density at radius 1 is 0.571 bits per heavy atom. The molecule has 0 amide bonds. The maximum Gasteiger partial charge on any atom is 0.519 e. The first-order valence-electron chi connectivity index (χ1n) is 14.8. The number of halogens is 16. The second-order valence-corrected chi connectivity index (χ2v) is 11.7. The summed E-state index contributed by atoms with van der Waals surface area (Å²) in [4.78, 5) is 43.9. The van der Waals surface area contributed by atoms with Crippen LogP contribution in [0.15, 0.2) is 0 Å². The van der Waals surface area contributed by atoms with E-state index in [2.05, 4.69) is 23.7 Å². The first-order valence-corrected chi connectivity index (χ1v) is 16.2. The van der Waals surface area contributed by atoms with Crippen molar-refractivity contribution in [3.8, 4) is 17.2 Å². The quantitative estimate of drug-likeness (QED) is 0.0390. The topological polar surface area (TPSA) is 175 Å². The molecule has 12 nitrogen and oxygen atoms in total. The summed E-state index contributed by atoms with van der Waals surface area (Å²) in [6.45, 7) is 1.75. The number of carbonyl (C=O) groups excluding carboxylic acids is 3. The molecule has 63 heavy (non-hydrogen) atoms. The number of ether oxygens (including phenoxy) is 5. The van der Waals surface area contributed by atoms with Gasteiger partial charge in [0, 0.05) is 0 Å². The highest BCUT2D eigenvalue weighted by Crippen LogP contribution is 2.34. The van der Waals surface area contributed by atoms with Gasteiger partial charge in [0.2, 0.25) is 105 Å². The molecule has 0 aromatic heterocycles. The summed E-state index contributed by atoms with van der Waals surface area (Å²) in [6, 6.07) is 0. The average Bonchev–Trinajstić information content (AvgIpc) is 3.22. The van der Waals surface area contributed by atoms with Crippen molar-refractivity contribution in [2.45, 2.75) is 36.1 Å². The molecule has 1 aliphatic heterocycles. The minimum atomic E-state index is -2.62. The highest BCUT2D eigenvalue weighted by atomic mass is 31.1. The van der Waals surface area contributed by atoms with E-state index >= 15 is 0 Å². The normalized spacial score (nSPS) is 12.4. The van der Waals surface area contributed by atoms with Crippen molar-refractivity contribution in [1.82, 2.24) is 0 Å². The third-order valence-electron chi connectivity index (χ3n) is 6.80. The van der Waals surface area contributed by atoms with Crippen LogP contribution in [0.5, 0.6) is 17.2 Å². The molecule has 0 radical (unpaired) electrons. The van der Waals surface area contributed by atoms with Crippen LogP contribution in [0.4, 0.5) is 79.6 Å². The highest BCUT2D eigenvalue weighted by Gasteiger charge is 2.43. The summed E-state index contributed by atoms with van der Waals surface area (Å²) in [5.74, 6) is -46.2. The molecule has 1 heterocycles. The Morgan fingerprint density at radius 2 is 0.794 bits per heavy atom. The molecule has 0 saturated carbocycles. The van der Waals surface area contributed by atoms with Crippen LogP contribution in [-0.4, -0.2) is 72.7 Å². The Bertz CT molecular complexity index is 1950. The van der Waals surface area contributed by atoms with Gasteiger partial charge in [-0.15, -0.1) is 0 Å². The lowest BCUT2D eigenvalue weighted by Crippen LogP contribution is -2.45. The van der Waals surface area contributed by atoms with Gasteiger partial charge in [-0.05, 0) is 20.5 Å². The van der Waals surface area contributed by atoms with E-state index in [1.807, 2.05) is 0 Å². The molecule has 29 heteroatoms. The maximum atomic E-state index is 13.4. The van der Waals surface area contributed by atoms with Crippen molar-refractivity contribution < 1.29 is 128 Å². The number of aliphatic hydroxyl groups is 2. The number of benzene rings is 3. The number of carboxylic acid groups (broad SMARTS) is 1. The van der Waals surface area contributed by atoms with Gasteiger partial charge in [0.25, 0.3) is 0 Å². The summed E-state index contributed by atoms with van der Waals surface area (Å²) in [7, 11) is -0.417. The van der Waals surface area contributed by atoms with E-state index in [0.29, 0.717) is 0 Å². The van der Waals surface area contributed by atoms with Crippen LogP contribution in [0.3, 0.4) is 0 Å². The molecule has 1 aliphatic rings. The minimum absolute atomic E-state index is 0. The van der Waals surface area contributed by atoms with Gasteiger partial charge < -0.3 is 39.0 Å². The first-order chi connectivity index (χ1) is 27.6. The number of aliphatic hydroxyl groups excluding tert-OH is 2. The van der Waals surface area contributed by atoms with Crippen molar-refractivity contribution in [2.75, 3.05) is 33.1 Å². The van der Waals surface area contributed by atoms with Gasteiger partial charge in [0.1, 0.15) is 24.0 Å². The Labute approximate surface area is 346 Å². The highest BCUT2D eigenvalue weighted by molar-refractivity contribution is 7.30. The Kier molecular flexibility index (Phi) is 24.9. The van der Waals surface area contributed by atoms with E-state index < -0.39 is 175 Å². The van der Waals surface area contributed by atoms with Crippen LogP contribution in [0, 0.1) is 98.1 Å². The lowest BCUT2D eigenvalue weighted by atomic mass is 9.92. The molecule has 0 bridgehead atoms. The summed E-state index contributed by atoms with van der Waals surface area (Å²) in [6.07, 6.45) is -3.63. The van der Waals surface area contributed by atoms with Gasteiger partial charge in [0.15, 0.2) is 0 Å². The second kappa shape index (κ2) is 25.5. The predicted molar refractivity (Wildman–Crippen MR) is 182 cm³/mol. The third-order valence-corrected chi connectivity index (χ3v) is 6.80. The molecular weight excluding hydrogens is 935 g/mol. The molecule has 1 unspecified atom stereocenters. The van der Waals surface area contributed by atoms with Crippen LogP contribution >= 0.6 is 8.89 Å². The van der Waals surface area contributed by atoms with E-state index in [9.17, 15) is 89.2 Å². The van der Waals surface area contributed by atoms with Gasteiger partial charge in [0.05, 0.1) is 22.1 Å². The SMILES string of the molecule is C.C.C.CC(CO)(CO)C(=O)O.CC1(C(=O)Oc2c(F)c(F)c(F)c(F)c2F)COC(=O)OC1.CPF.O=C(Oc1c(F)c(F)c(F)c(F)c1F)Oc1c(F)c(F)c(F)c(F)c1F. The first kappa shape index (κ1) is 61.7. The van der Waals surface area contributed by atoms with E-state index in [4.69, 9.17) is 15.3 Å². The number of aliphatic carboxylic acids is 1. The molecule has 1 atom stereocenters. The number of esters is 1. The number of cyclic esters (lactones) is 2. The van der Waals surface area contributed by atoms with Crippen molar-refractivity contribution in [1.29, 1.82) is 0 Å². The van der Waals surface area contributed by atoms with Gasteiger partial charge in [-0.3, -0.25) is 9.59 Å². The number of hydrogen-bond acceptors (Lipinski definition) is 11. The van der Waals surface area contributed by atoms with Gasteiger partial charge >= 0.3 is 24.2 Å². The third kappa shape index (κ3) is 14.2. The largest absolute Gasteiger partial charge is 0.519 e. The van der Waals surface area contributed by atoms with Crippen molar-refractivity contribution in [3.05, 3.63) is 87.3 Å². The lowest BCUT2D eigenvalue weighted by Gasteiger charge is -2.29. The number of hydrogen-bond donors (Lipinski definition) is 3. The Morgan fingerprint density at radius 3 is 1.00 bits per heavy atom. The van der Waals surface area contributed by atoms with Crippen molar-refractivity contribution >= 4 is 33.1 Å². The zero-order chi connectivity index (χ0) is 46.8. The molecule has 1 saturated heterocycles. The summed E-state index contributed by atoms with van der Waals surface area (Å²) in [5.41, 5.74) is -3.05. The summed E-state index contributed by atoms with van der Waals surface area (Å²) >= 11 is 0. The van der Waals surface area contributed by atoms with Gasteiger partial charge in [-0.2, -0.15) is 26.3 Å². The van der Waals surface area contributed by atoms with Crippen LogP contribution in [0.25, 0.3) is 0 Å². The fourth-order valence-electron chi connectivity index (χ4n) is 3.25. The Balaban J connectivity index is -0.000000883. The molecule has 358 valence electrons. The molecular formula is C34H33F16O12P. The molecule has 3 aromatic rings.